The lowest BCUT2D eigenvalue weighted by Gasteiger charge is -2.19. The molecule has 0 aliphatic heterocycles. The van der Waals surface area contributed by atoms with Crippen LogP contribution in [0, 0.1) is 5.92 Å². The van der Waals surface area contributed by atoms with Gasteiger partial charge in [0.05, 0.1) is 0 Å². The Balaban J connectivity index is 1.65. The van der Waals surface area contributed by atoms with E-state index in [9.17, 15) is 4.79 Å². The molecular formula is C23H20O. The topological polar surface area (TPSA) is 17.1 Å². The molecule has 1 aliphatic rings. The maximum atomic E-state index is 12.6. The molecule has 0 bridgehead atoms. The van der Waals surface area contributed by atoms with Gasteiger partial charge in [-0.1, -0.05) is 91.0 Å². The van der Waals surface area contributed by atoms with Crippen LogP contribution in [0.5, 0.6) is 0 Å². The molecule has 3 aromatic carbocycles. The summed E-state index contributed by atoms with van der Waals surface area (Å²) >= 11 is 0. The fourth-order valence-electron chi connectivity index (χ4n) is 3.89. The molecule has 1 saturated carbocycles. The number of Topliss-reactive ketones (excluding diaryl/α,β-unsaturated/α-hetero) is 1. The van der Waals surface area contributed by atoms with Crippen LogP contribution in [-0.4, -0.2) is 5.78 Å². The standard InChI is InChI=1S/C23H20O/c24-22(18-10-4-1-5-11-18)16-21-17-23(21,19-12-6-2-7-13-19)20-14-8-3-9-15-20/h1-15,21H,16-17H2. The van der Waals surface area contributed by atoms with Crippen molar-refractivity contribution in [3.05, 3.63) is 108 Å². The minimum absolute atomic E-state index is 0.00698. The Morgan fingerprint density at radius 1 is 0.750 bits per heavy atom. The van der Waals surface area contributed by atoms with Crippen molar-refractivity contribution in [1.29, 1.82) is 0 Å². The highest BCUT2D eigenvalue weighted by molar-refractivity contribution is 5.96. The summed E-state index contributed by atoms with van der Waals surface area (Å²) in [6.45, 7) is 0. The van der Waals surface area contributed by atoms with Gasteiger partial charge in [0, 0.05) is 17.4 Å². The molecule has 24 heavy (non-hydrogen) atoms. The molecule has 0 saturated heterocycles. The van der Waals surface area contributed by atoms with E-state index in [2.05, 4.69) is 60.7 Å². The molecule has 4 rings (SSSR count). The third-order valence-electron chi connectivity index (χ3n) is 5.21. The molecule has 0 spiro atoms. The number of hydrogen-bond acceptors (Lipinski definition) is 1. The Hall–Kier alpha value is -2.67. The van der Waals surface area contributed by atoms with Crippen molar-refractivity contribution in [2.45, 2.75) is 18.3 Å². The lowest BCUT2D eigenvalue weighted by Crippen LogP contribution is -2.14. The number of carbonyl (C=O) groups excluding carboxylic acids is 1. The molecule has 0 radical (unpaired) electrons. The van der Waals surface area contributed by atoms with Crippen LogP contribution in [0.25, 0.3) is 0 Å². The first kappa shape index (κ1) is 14.9. The first-order chi connectivity index (χ1) is 11.8. The van der Waals surface area contributed by atoms with Gasteiger partial charge >= 0.3 is 0 Å². The van der Waals surface area contributed by atoms with Gasteiger partial charge < -0.3 is 0 Å². The van der Waals surface area contributed by atoms with Gasteiger partial charge in [-0.25, -0.2) is 0 Å². The van der Waals surface area contributed by atoms with Crippen molar-refractivity contribution in [2.24, 2.45) is 5.92 Å². The summed E-state index contributed by atoms with van der Waals surface area (Å²) < 4.78 is 0. The van der Waals surface area contributed by atoms with Crippen LogP contribution >= 0.6 is 0 Å². The third-order valence-corrected chi connectivity index (χ3v) is 5.21. The van der Waals surface area contributed by atoms with Crippen molar-refractivity contribution in [3.63, 3.8) is 0 Å². The Morgan fingerprint density at radius 2 is 1.21 bits per heavy atom. The SMILES string of the molecule is O=C(CC1CC1(c1ccccc1)c1ccccc1)c1ccccc1. The monoisotopic (exact) mass is 312 g/mol. The van der Waals surface area contributed by atoms with Crippen LogP contribution in [0.3, 0.4) is 0 Å². The molecule has 0 amide bonds. The second-order valence-electron chi connectivity index (χ2n) is 6.60. The molecule has 1 fully saturated rings. The fourth-order valence-corrected chi connectivity index (χ4v) is 3.89. The summed E-state index contributed by atoms with van der Waals surface area (Å²) in [5.74, 6) is 0.615. The van der Waals surface area contributed by atoms with Crippen LogP contribution in [-0.2, 0) is 5.41 Å². The average molecular weight is 312 g/mol. The van der Waals surface area contributed by atoms with E-state index in [1.807, 2.05) is 30.3 Å². The maximum absolute atomic E-state index is 12.6. The molecule has 0 heterocycles. The van der Waals surface area contributed by atoms with E-state index in [0.29, 0.717) is 12.3 Å². The highest BCUT2D eigenvalue weighted by atomic mass is 16.1. The smallest absolute Gasteiger partial charge is 0.163 e. The van der Waals surface area contributed by atoms with Crippen LogP contribution < -0.4 is 0 Å². The average Bonchev–Trinajstić information content (AvgIpc) is 3.39. The minimum atomic E-state index is -0.00698. The Bertz CT molecular complexity index is 782. The van der Waals surface area contributed by atoms with Crippen LogP contribution in [0.2, 0.25) is 0 Å². The number of benzene rings is 3. The molecule has 118 valence electrons. The predicted molar refractivity (Wildman–Crippen MR) is 97.2 cm³/mol. The summed E-state index contributed by atoms with van der Waals surface area (Å²) in [7, 11) is 0. The maximum Gasteiger partial charge on any atom is 0.163 e. The summed E-state index contributed by atoms with van der Waals surface area (Å²) in [6, 6.07) is 30.9. The predicted octanol–water partition coefficient (Wildman–Crippen LogP) is 5.27. The number of hydrogen-bond donors (Lipinski definition) is 0. The molecule has 1 heteroatoms. The molecule has 1 atom stereocenters. The largest absolute Gasteiger partial charge is 0.294 e. The molecule has 3 aromatic rings. The Kier molecular flexibility index (Phi) is 3.78. The molecule has 0 N–H and O–H groups in total. The van der Waals surface area contributed by atoms with Crippen molar-refractivity contribution in [1.82, 2.24) is 0 Å². The number of carbonyl (C=O) groups is 1. The van der Waals surface area contributed by atoms with E-state index >= 15 is 0 Å². The van der Waals surface area contributed by atoms with Crippen molar-refractivity contribution >= 4 is 5.78 Å². The quantitative estimate of drug-likeness (QED) is 0.587. The number of rotatable bonds is 5. The molecule has 1 aliphatic carbocycles. The summed E-state index contributed by atoms with van der Waals surface area (Å²) in [5.41, 5.74) is 3.45. The van der Waals surface area contributed by atoms with E-state index in [0.717, 1.165) is 12.0 Å². The Morgan fingerprint density at radius 3 is 1.71 bits per heavy atom. The van der Waals surface area contributed by atoms with Gasteiger partial charge in [0.25, 0.3) is 0 Å². The summed E-state index contributed by atoms with van der Waals surface area (Å²) in [5, 5.41) is 0. The second kappa shape index (κ2) is 6.09. The van der Waals surface area contributed by atoms with Gasteiger partial charge in [0.15, 0.2) is 5.78 Å². The van der Waals surface area contributed by atoms with Gasteiger partial charge in [-0.15, -0.1) is 0 Å². The molecular weight excluding hydrogens is 292 g/mol. The molecule has 1 nitrogen and oxygen atoms in total. The zero-order valence-corrected chi connectivity index (χ0v) is 13.6. The molecule has 1 unspecified atom stereocenters. The van der Waals surface area contributed by atoms with Gasteiger partial charge in [0.2, 0.25) is 0 Å². The second-order valence-corrected chi connectivity index (χ2v) is 6.60. The first-order valence-electron chi connectivity index (χ1n) is 8.50. The van der Waals surface area contributed by atoms with Crippen LogP contribution in [0.1, 0.15) is 34.3 Å². The van der Waals surface area contributed by atoms with Crippen molar-refractivity contribution in [2.75, 3.05) is 0 Å². The van der Waals surface area contributed by atoms with Crippen molar-refractivity contribution < 1.29 is 4.79 Å². The highest BCUT2D eigenvalue weighted by Gasteiger charge is 2.56. The zero-order valence-electron chi connectivity index (χ0n) is 13.6. The minimum Gasteiger partial charge on any atom is -0.294 e. The normalized spacial score (nSPS) is 18.1. The van der Waals surface area contributed by atoms with Gasteiger partial charge in [-0.05, 0) is 23.5 Å². The third kappa shape index (κ3) is 2.56. The summed E-state index contributed by atoms with van der Waals surface area (Å²) in [6.07, 6.45) is 1.65. The van der Waals surface area contributed by atoms with Crippen LogP contribution in [0.15, 0.2) is 91.0 Å². The Labute approximate surface area is 143 Å². The lowest BCUT2D eigenvalue weighted by atomic mass is 9.84. The van der Waals surface area contributed by atoms with E-state index in [4.69, 9.17) is 0 Å². The van der Waals surface area contributed by atoms with Gasteiger partial charge in [-0.2, -0.15) is 0 Å². The summed E-state index contributed by atoms with van der Waals surface area (Å²) in [4.78, 5) is 12.6. The number of ketones is 1. The van der Waals surface area contributed by atoms with E-state index in [-0.39, 0.29) is 11.2 Å². The van der Waals surface area contributed by atoms with E-state index in [1.54, 1.807) is 0 Å². The lowest BCUT2D eigenvalue weighted by molar-refractivity contribution is 0.0974. The zero-order chi connectivity index (χ0) is 16.4. The molecule has 0 aromatic heterocycles. The van der Waals surface area contributed by atoms with E-state index in [1.165, 1.54) is 11.1 Å². The van der Waals surface area contributed by atoms with Gasteiger partial charge in [0.1, 0.15) is 0 Å². The first-order valence-corrected chi connectivity index (χ1v) is 8.50. The van der Waals surface area contributed by atoms with Crippen molar-refractivity contribution in [3.8, 4) is 0 Å². The van der Waals surface area contributed by atoms with Gasteiger partial charge in [-0.3, -0.25) is 4.79 Å². The van der Waals surface area contributed by atoms with Crippen LogP contribution in [0.4, 0.5) is 0 Å². The highest BCUT2D eigenvalue weighted by Crippen LogP contribution is 2.60. The fraction of sp³-hybridized carbons (Fsp3) is 0.174. The van der Waals surface area contributed by atoms with E-state index < -0.39 is 0 Å².